The zero-order valence-corrected chi connectivity index (χ0v) is 12.7. The second-order valence-electron chi connectivity index (χ2n) is 5.01. The van der Waals surface area contributed by atoms with Crippen LogP contribution in [0.4, 0.5) is 5.69 Å². The fraction of sp³-hybridized carbons (Fsp3) is 0.286. The van der Waals surface area contributed by atoms with Crippen LogP contribution in [0.25, 0.3) is 10.1 Å². The van der Waals surface area contributed by atoms with Gasteiger partial charge in [-0.05, 0) is 31.0 Å². The standard InChI is InChI=1S/C14H14ClN3O2S/c15-7-1-4-9-10(5-7)21-13(12(9)16)14(20)17-6-11(19)18-8-2-3-8/h1,4-5,8H,2-3,6,16H2,(H,17,20)(H,18,19). The van der Waals surface area contributed by atoms with Gasteiger partial charge in [-0.3, -0.25) is 9.59 Å². The lowest BCUT2D eigenvalue weighted by atomic mass is 10.2. The van der Waals surface area contributed by atoms with Gasteiger partial charge in [0.05, 0.1) is 12.2 Å². The summed E-state index contributed by atoms with van der Waals surface area (Å²) in [7, 11) is 0. The minimum Gasteiger partial charge on any atom is -0.397 e. The third-order valence-corrected chi connectivity index (χ3v) is 4.65. The van der Waals surface area contributed by atoms with E-state index < -0.39 is 0 Å². The van der Waals surface area contributed by atoms with Gasteiger partial charge in [-0.2, -0.15) is 0 Å². The molecule has 1 fully saturated rings. The van der Waals surface area contributed by atoms with Crippen molar-refractivity contribution in [2.45, 2.75) is 18.9 Å². The van der Waals surface area contributed by atoms with E-state index in [9.17, 15) is 9.59 Å². The Bertz CT molecular complexity index is 724. The summed E-state index contributed by atoms with van der Waals surface area (Å²) in [5, 5.41) is 6.80. The molecular formula is C14H14ClN3O2S. The molecule has 1 aromatic heterocycles. The highest BCUT2D eigenvalue weighted by molar-refractivity contribution is 7.21. The molecule has 2 aromatic rings. The van der Waals surface area contributed by atoms with E-state index in [2.05, 4.69) is 10.6 Å². The number of thiophene rings is 1. The number of carbonyl (C=O) groups excluding carboxylic acids is 2. The maximum Gasteiger partial charge on any atom is 0.263 e. The van der Waals surface area contributed by atoms with Crippen molar-refractivity contribution in [2.24, 2.45) is 0 Å². The fourth-order valence-electron chi connectivity index (χ4n) is 2.01. The molecule has 1 saturated carbocycles. The quantitative estimate of drug-likeness (QED) is 0.806. The number of fused-ring (bicyclic) bond motifs is 1. The second-order valence-corrected chi connectivity index (χ2v) is 6.50. The molecule has 5 nitrogen and oxygen atoms in total. The molecular weight excluding hydrogens is 310 g/mol. The smallest absolute Gasteiger partial charge is 0.263 e. The Morgan fingerprint density at radius 1 is 1.38 bits per heavy atom. The van der Waals surface area contributed by atoms with Crippen molar-refractivity contribution in [3.63, 3.8) is 0 Å². The van der Waals surface area contributed by atoms with Gasteiger partial charge in [0.15, 0.2) is 0 Å². The largest absolute Gasteiger partial charge is 0.397 e. The lowest BCUT2D eigenvalue weighted by Gasteiger charge is -2.05. The van der Waals surface area contributed by atoms with E-state index in [0.717, 1.165) is 22.9 Å². The van der Waals surface area contributed by atoms with Gasteiger partial charge in [0, 0.05) is 21.2 Å². The number of nitrogens with two attached hydrogens (primary N) is 1. The van der Waals surface area contributed by atoms with Crippen molar-refractivity contribution in [2.75, 3.05) is 12.3 Å². The third kappa shape index (κ3) is 3.11. The minimum absolute atomic E-state index is 0.0379. The van der Waals surface area contributed by atoms with Crippen molar-refractivity contribution in [1.29, 1.82) is 0 Å². The van der Waals surface area contributed by atoms with E-state index in [1.807, 2.05) is 0 Å². The Hall–Kier alpha value is -1.79. The molecule has 0 spiro atoms. The molecule has 0 atom stereocenters. The summed E-state index contributed by atoms with van der Waals surface area (Å²) in [6, 6.07) is 5.58. The van der Waals surface area contributed by atoms with Crippen LogP contribution >= 0.6 is 22.9 Å². The van der Waals surface area contributed by atoms with Crippen molar-refractivity contribution in [3.05, 3.63) is 28.1 Å². The highest BCUT2D eigenvalue weighted by Gasteiger charge is 2.23. The molecule has 2 amide bonds. The Balaban J connectivity index is 1.71. The maximum absolute atomic E-state index is 12.1. The lowest BCUT2D eigenvalue weighted by molar-refractivity contribution is -0.120. The molecule has 3 rings (SSSR count). The third-order valence-electron chi connectivity index (χ3n) is 3.25. The average molecular weight is 324 g/mol. The van der Waals surface area contributed by atoms with Crippen LogP contribution in [-0.4, -0.2) is 24.4 Å². The van der Waals surface area contributed by atoms with Gasteiger partial charge in [0.25, 0.3) is 5.91 Å². The molecule has 7 heteroatoms. The Morgan fingerprint density at radius 2 is 2.14 bits per heavy atom. The Morgan fingerprint density at radius 3 is 2.86 bits per heavy atom. The first-order valence-electron chi connectivity index (χ1n) is 6.59. The molecule has 0 radical (unpaired) electrons. The highest BCUT2D eigenvalue weighted by Crippen LogP contribution is 2.35. The van der Waals surface area contributed by atoms with Gasteiger partial charge < -0.3 is 16.4 Å². The molecule has 110 valence electrons. The summed E-state index contributed by atoms with van der Waals surface area (Å²) < 4.78 is 0.854. The van der Waals surface area contributed by atoms with Gasteiger partial charge >= 0.3 is 0 Å². The van der Waals surface area contributed by atoms with Crippen molar-refractivity contribution < 1.29 is 9.59 Å². The van der Waals surface area contributed by atoms with E-state index in [4.69, 9.17) is 17.3 Å². The van der Waals surface area contributed by atoms with Crippen LogP contribution in [0.2, 0.25) is 5.02 Å². The zero-order chi connectivity index (χ0) is 15.0. The van der Waals surface area contributed by atoms with Crippen LogP contribution in [0, 0.1) is 0 Å². The predicted octanol–water partition coefficient (Wildman–Crippen LogP) is 2.15. The monoisotopic (exact) mass is 323 g/mol. The van der Waals surface area contributed by atoms with Gasteiger partial charge in [0.2, 0.25) is 5.91 Å². The molecule has 0 aliphatic heterocycles. The fourth-order valence-corrected chi connectivity index (χ4v) is 3.32. The number of amides is 2. The first-order chi connectivity index (χ1) is 10.0. The van der Waals surface area contributed by atoms with E-state index in [0.29, 0.717) is 15.6 Å². The Kier molecular flexibility index (Phi) is 3.73. The number of carbonyl (C=O) groups is 2. The SMILES string of the molecule is Nc1c(C(=O)NCC(=O)NC2CC2)sc2cc(Cl)ccc12. The number of hydrogen-bond acceptors (Lipinski definition) is 4. The number of anilines is 1. The molecule has 1 heterocycles. The molecule has 0 bridgehead atoms. The molecule has 0 saturated heterocycles. The first-order valence-corrected chi connectivity index (χ1v) is 7.79. The van der Waals surface area contributed by atoms with Crippen molar-refractivity contribution in [3.8, 4) is 0 Å². The normalized spacial score (nSPS) is 14.1. The highest BCUT2D eigenvalue weighted by atomic mass is 35.5. The summed E-state index contributed by atoms with van der Waals surface area (Å²) in [5.74, 6) is -0.510. The second kappa shape index (κ2) is 5.54. The van der Waals surface area contributed by atoms with E-state index >= 15 is 0 Å². The molecule has 4 N–H and O–H groups in total. The number of rotatable bonds is 4. The average Bonchev–Trinajstić information content (AvgIpc) is 3.19. The number of halogens is 1. The van der Waals surface area contributed by atoms with Crippen LogP contribution in [0.15, 0.2) is 18.2 Å². The summed E-state index contributed by atoms with van der Waals surface area (Å²) in [6.07, 6.45) is 2.04. The van der Waals surface area contributed by atoms with E-state index in [-0.39, 0.29) is 24.4 Å². The van der Waals surface area contributed by atoms with Crippen molar-refractivity contribution >= 4 is 50.5 Å². The van der Waals surface area contributed by atoms with Crippen LogP contribution < -0.4 is 16.4 Å². The number of nitrogen functional groups attached to an aromatic ring is 1. The number of nitrogens with one attached hydrogen (secondary N) is 2. The van der Waals surface area contributed by atoms with Crippen LogP contribution in [0.5, 0.6) is 0 Å². The van der Waals surface area contributed by atoms with Crippen LogP contribution in [0.1, 0.15) is 22.5 Å². The molecule has 1 aliphatic carbocycles. The number of hydrogen-bond donors (Lipinski definition) is 3. The summed E-state index contributed by atoms with van der Waals surface area (Å²) in [4.78, 5) is 24.1. The molecule has 0 unspecified atom stereocenters. The number of benzene rings is 1. The topological polar surface area (TPSA) is 84.2 Å². The molecule has 1 aliphatic rings. The minimum atomic E-state index is -0.337. The predicted molar refractivity (Wildman–Crippen MR) is 84.7 cm³/mol. The summed E-state index contributed by atoms with van der Waals surface area (Å²) in [6.45, 7) is -0.0379. The van der Waals surface area contributed by atoms with E-state index in [1.54, 1.807) is 18.2 Å². The summed E-state index contributed by atoms with van der Waals surface area (Å²) >= 11 is 7.20. The van der Waals surface area contributed by atoms with Crippen LogP contribution in [-0.2, 0) is 4.79 Å². The Labute approximate surface area is 130 Å². The first kappa shape index (κ1) is 14.2. The van der Waals surface area contributed by atoms with Gasteiger partial charge in [-0.25, -0.2) is 0 Å². The van der Waals surface area contributed by atoms with Gasteiger partial charge in [-0.1, -0.05) is 11.6 Å². The van der Waals surface area contributed by atoms with Crippen molar-refractivity contribution in [1.82, 2.24) is 10.6 Å². The zero-order valence-electron chi connectivity index (χ0n) is 11.1. The van der Waals surface area contributed by atoms with E-state index in [1.165, 1.54) is 11.3 Å². The van der Waals surface area contributed by atoms with Gasteiger partial charge in [0.1, 0.15) is 4.88 Å². The summed E-state index contributed by atoms with van der Waals surface area (Å²) in [5.41, 5.74) is 6.42. The lowest BCUT2D eigenvalue weighted by Crippen LogP contribution is -2.37. The molecule has 1 aromatic carbocycles. The molecule has 21 heavy (non-hydrogen) atoms. The van der Waals surface area contributed by atoms with Crippen LogP contribution in [0.3, 0.4) is 0 Å². The van der Waals surface area contributed by atoms with Gasteiger partial charge in [-0.15, -0.1) is 11.3 Å². The maximum atomic E-state index is 12.1.